The smallest absolute Gasteiger partial charge is 0.411 e. The lowest BCUT2D eigenvalue weighted by Crippen LogP contribution is -2.56. The maximum atomic E-state index is 13.0. The molecule has 1 N–H and O–H groups in total. The molecule has 3 aliphatic heterocycles. The number of thioether (sulfide) groups is 1. The molecule has 6 nitrogen and oxygen atoms in total. The molecule has 0 aromatic heterocycles. The number of nitrogens with zero attached hydrogens (tertiary/aromatic N) is 2. The van der Waals surface area contributed by atoms with Crippen LogP contribution in [0.1, 0.15) is 46.5 Å². The van der Waals surface area contributed by atoms with Crippen molar-refractivity contribution in [3.63, 3.8) is 0 Å². The Bertz CT molecular complexity index is 479. The third-order valence-corrected chi connectivity index (χ3v) is 5.77. The molecule has 0 aromatic carbocycles. The summed E-state index contributed by atoms with van der Waals surface area (Å²) in [6.45, 7) is 5.49. The Labute approximate surface area is 141 Å². The fraction of sp³-hybridized carbons (Fsp3) is 0.875. The lowest BCUT2D eigenvalue weighted by atomic mass is 9.99. The average Bonchev–Trinajstić information content (AvgIpc) is 3.00. The quantitative estimate of drug-likeness (QED) is 0.787. The number of ether oxygens (including phenoxy) is 1. The maximum absolute atomic E-state index is 13.0. The number of piperidine rings is 1. The Kier molecular flexibility index (Phi) is 4.53. The van der Waals surface area contributed by atoms with Crippen molar-refractivity contribution in [2.24, 2.45) is 0 Å². The van der Waals surface area contributed by atoms with E-state index in [9.17, 15) is 14.7 Å². The van der Waals surface area contributed by atoms with Crippen molar-refractivity contribution >= 4 is 23.8 Å². The molecule has 0 saturated carbocycles. The van der Waals surface area contributed by atoms with Crippen molar-refractivity contribution in [3.8, 4) is 0 Å². The molecule has 3 aliphatic rings. The van der Waals surface area contributed by atoms with Crippen LogP contribution in [0.5, 0.6) is 0 Å². The number of fused-ring (bicyclic) bond motifs is 2. The van der Waals surface area contributed by atoms with Gasteiger partial charge >= 0.3 is 6.09 Å². The van der Waals surface area contributed by atoms with Gasteiger partial charge in [0.25, 0.3) is 0 Å². The molecule has 130 valence electrons. The number of hydrogen-bond acceptors (Lipinski definition) is 5. The second-order valence-corrected chi connectivity index (χ2v) is 8.72. The van der Waals surface area contributed by atoms with Crippen LogP contribution in [0, 0.1) is 0 Å². The summed E-state index contributed by atoms with van der Waals surface area (Å²) in [6, 6.07) is -0.183. The molecule has 0 spiro atoms. The van der Waals surface area contributed by atoms with Crippen LogP contribution in [0.4, 0.5) is 4.79 Å². The Morgan fingerprint density at radius 2 is 1.78 bits per heavy atom. The Balaban J connectivity index is 1.70. The summed E-state index contributed by atoms with van der Waals surface area (Å²) in [4.78, 5) is 28.9. The van der Waals surface area contributed by atoms with E-state index >= 15 is 0 Å². The van der Waals surface area contributed by atoms with Crippen molar-refractivity contribution in [3.05, 3.63) is 0 Å². The summed E-state index contributed by atoms with van der Waals surface area (Å²) in [5.41, 5.74) is -0.563. The Hall–Kier alpha value is -0.950. The van der Waals surface area contributed by atoms with E-state index in [-0.39, 0.29) is 24.1 Å². The first-order valence-electron chi connectivity index (χ1n) is 8.34. The number of carbonyl (C=O) groups is 2. The van der Waals surface area contributed by atoms with E-state index < -0.39 is 17.7 Å². The van der Waals surface area contributed by atoms with E-state index in [1.807, 2.05) is 25.7 Å². The summed E-state index contributed by atoms with van der Waals surface area (Å²) in [6.07, 6.45) is 2.53. The van der Waals surface area contributed by atoms with Crippen molar-refractivity contribution < 1.29 is 19.4 Å². The minimum absolute atomic E-state index is 0.0280. The predicted molar refractivity (Wildman–Crippen MR) is 88.1 cm³/mol. The van der Waals surface area contributed by atoms with Gasteiger partial charge < -0.3 is 14.7 Å². The third kappa shape index (κ3) is 3.45. The molecule has 3 heterocycles. The largest absolute Gasteiger partial charge is 0.444 e. The lowest BCUT2D eigenvalue weighted by Gasteiger charge is -2.39. The number of amides is 2. The first-order chi connectivity index (χ1) is 10.8. The van der Waals surface area contributed by atoms with Crippen LogP contribution >= 0.6 is 11.8 Å². The number of hydrogen-bond donors (Lipinski definition) is 1. The zero-order valence-corrected chi connectivity index (χ0v) is 14.8. The van der Waals surface area contributed by atoms with Crippen LogP contribution in [-0.4, -0.2) is 68.4 Å². The molecule has 0 aliphatic carbocycles. The highest BCUT2D eigenvalue weighted by Gasteiger charge is 2.47. The fourth-order valence-electron chi connectivity index (χ4n) is 3.83. The molecule has 2 amide bonds. The summed E-state index contributed by atoms with van der Waals surface area (Å²) in [5.74, 6) is 1.15. The van der Waals surface area contributed by atoms with Gasteiger partial charge in [0.05, 0.1) is 12.0 Å². The highest BCUT2D eigenvalue weighted by atomic mass is 32.2. The zero-order chi connectivity index (χ0) is 16.8. The van der Waals surface area contributed by atoms with Crippen molar-refractivity contribution in [2.45, 2.75) is 76.3 Å². The lowest BCUT2D eigenvalue weighted by molar-refractivity contribution is -0.141. The third-order valence-electron chi connectivity index (χ3n) is 4.76. The van der Waals surface area contributed by atoms with E-state index in [0.717, 1.165) is 12.8 Å². The minimum atomic E-state index is -0.563. The van der Waals surface area contributed by atoms with Gasteiger partial charge in [-0.25, -0.2) is 4.79 Å². The first-order valence-corrected chi connectivity index (χ1v) is 9.49. The normalized spacial score (nSPS) is 33.9. The molecule has 2 bridgehead atoms. The summed E-state index contributed by atoms with van der Waals surface area (Å²) >= 11 is 1.59. The van der Waals surface area contributed by atoms with Gasteiger partial charge in [0.1, 0.15) is 11.6 Å². The van der Waals surface area contributed by atoms with Gasteiger partial charge in [-0.15, -0.1) is 11.8 Å². The van der Waals surface area contributed by atoms with Crippen LogP contribution in [-0.2, 0) is 9.53 Å². The van der Waals surface area contributed by atoms with Crippen molar-refractivity contribution in [1.82, 2.24) is 9.80 Å². The van der Waals surface area contributed by atoms with Gasteiger partial charge in [-0.1, -0.05) is 0 Å². The van der Waals surface area contributed by atoms with E-state index in [0.29, 0.717) is 24.5 Å². The SMILES string of the molecule is CC(C)(C)OC(=O)N1CSC[C@@H]1C(=O)N1[C@H]2CC[C@H]1CC(O)C2. The minimum Gasteiger partial charge on any atom is -0.444 e. The monoisotopic (exact) mass is 342 g/mol. The van der Waals surface area contributed by atoms with E-state index in [2.05, 4.69) is 0 Å². The first kappa shape index (κ1) is 16.9. The Morgan fingerprint density at radius 1 is 1.17 bits per heavy atom. The predicted octanol–water partition coefficient (Wildman–Crippen LogP) is 1.81. The van der Waals surface area contributed by atoms with Crippen LogP contribution in [0.15, 0.2) is 0 Å². The van der Waals surface area contributed by atoms with E-state index in [1.54, 1.807) is 16.7 Å². The zero-order valence-electron chi connectivity index (χ0n) is 14.0. The van der Waals surface area contributed by atoms with Crippen LogP contribution in [0.25, 0.3) is 0 Å². The van der Waals surface area contributed by atoms with Crippen molar-refractivity contribution in [1.29, 1.82) is 0 Å². The number of aliphatic hydroxyl groups excluding tert-OH is 1. The molecule has 3 saturated heterocycles. The van der Waals surface area contributed by atoms with E-state index in [1.165, 1.54) is 0 Å². The molecule has 23 heavy (non-hydrogen) atoms. The van der Waals surface area contributed by atoms with Gasteiger partial charge in [-0.2, -0.15) is 0 Å². The molecule has 3 rings (SSSR count). The van der Waals surface area contributed by atoms with Gasteiger partial charge in [-0.05, 0) is 46.5 Å². The number of carbonyl (C=O) groups excluding carboxylic acids is 2. The number of aliphatic hydroxyl groups is 1. The molecule has 0 aromatic rings. The molecule has 0 radical (unpaired) electrons. The highest BCUT2D eigenvalue weighted by molar-refractivity contribution is 7.99. The highest BCUT2D eigenvalue weighted by Crippen LogP contribution is 2.37. The molecule has 0 unspecified atom stereocenters. The maximum Gasteiger partial charge on any atom is 0.411 e. The second-order valence-electron chi connectivity index (χ2n) is 7.72. The van der Waals surface area contributed by atoms with Gasteiger partial charge in [0.15, 0.2) is 0 Å². The topological polar surface area (TPSA) is 70.1 Å². The molecular weight excluding hydrogens is 316 g/mol. The van der Waals surface area contributed by atoms with Crippen molar-refractivity contribution in [2.75, 3.05) is 11.6 Å². The molecule has 3 atom stereocenters. The second kappa shape index (κ2) is 6.16. The summed E-state index contributed by atoms with van der Waals surface area (Å²) in [5, 5.41) is 9.90. The molecule has 7 heteroatoms. The van der Waals surface area contributed by atoms with Crippen LogP contribution in [0.2, 0.25) is 0 Å². The summed E-state index contributed by atoms with van der Waals surface area (Å²) in [7, 11) is 0. The van der Waals surface area contributed by atoms with Gasteiger partial charge in [0, 0.05) is 17.8 Å². The Morgan fingerprint density at radius 3 is 2.35 bits per heavy atom. The average molecular weight is 342 g/mol. The number of rotatable bonds is 1. The van der Waals surface area contributed by atoms with Gasteiger partial charge in [-0.3, -0.25) is 9.69 Å². The summed E-state index contributed by atoms with van der Waals surface area (Å²) < 4.78 is 5.44. The van der Waals surface area contributed by atoms with Crippen LogP contribution < -0.4 is 0 Å². The van der Waals surface area contributed by atoms with Crippen LogP contribution in [0.3, 0.4) is 0 Å². The van der Waals surface area contributed by atoms with E-state index in [4.69, 9.17) is 4.74 Å². The van der Waals surface area contributed by atoms with Gasteiger partial charge in [0.2, 0.25) is 5.91 Å². The fourth-order valence-corrected chi connectivity index (χ4v) is 4.96. The molecule has 3 fully saturated rings. The standard InChI is InChI=1S/C16H26N2O4S/c1-16(2,3)22-15(21)17-9-23-8-13(17)14(20)18-10-4-5-11(18)7-12(19)6-10/h10-13,19H,4-9H2,1-3H3/t10-,11-,13+/m0/s1. The molecular formula is C16H26N2O4S.